The van der Waals surface area contributed by atoms with Crippen LogP contribution in [-0.2, 0) is 17.7 Å². The molecule has 3 rings (SSSR count). The van der Waals surface area contributed by atoms with Crippen LogP contribution in [0.3, 0.4) is 0 Å². The van der Waals surface area contributed by atoms with Crippen LogP contribution in [0.15, 0.2) is 41.4 Å². The van der Waals surface area contributed by atoms with Gasteiger partial charge in [0.2, 0.25) is 0 Å². The number of benzene rings is 1. The van der Waals surface area contributed by atoms with Gasteiger partial charge in [-0.3, -0.25) is 0 Å². The minimum atomic E-state index is 0.333. The second kappa shape index (κ2) is 10.5. The van der Waals surface area contributed by atoms with Crippen LogP contribution in [0.25, 0.3) is 0 Å². The summed E-state index contributed by atoms with van der Waals surface area (Å²) in [6.07, 6.45) is 1.01. The fraction of sp³-hybridized carbons (Fsp3) is 0.500. The molecule has 2 N–H and O–H groups in total. The Balaban J connectivity index is 1.55. The molecular formula is C22H32N4OS. The number of thiophene rings is 1. The molecule has 1 aliphatic heterocycles. The van der Waals surface area contributed by atoms with Crippen molar-refractivity contribution < 1.29 is 4.74 Å². The third-order valence-electron chi connectivity index (χ3n) is 4.76. The van der Waals surface area contributed by atoms with Crippen LogP contribution in [0.4, 0.5) is 5.69 Å². The van der Waals surface area contributed by atoms with Gasteiger partial charge in [-0.05, 0) is 50.6 Å². The lowest BCUT2D eigenvalue weighted by molar-refractivity contribution is 0.122. The van der Waals surface area contributed by atoms with E-state index in [1.54, 1.807) is 0 Å². The minimum absolute atomic E-state index is 0.333. The smallest absolute Gasteiger partial charge is 0.191 e. The van der Waals surface area contributed by atoms with E-state index in [4.69, 9.17) is 9.73 Å². The van der Waals surface area contributed by atoms with Gasteiger partial charge in [-0.25, -0.2) is 4.99 Å². The Labute approximate surface area is 172 Å². The van der Waals surface area contributed by atoms with E-state index < -0.39 is 0 Å². The van der Waals surface area contributed by atoms with Gasteiger partial charge in [-0.15, -0.1) is 11.3 Å². The standard InChI is InChI=1S/C22H32N4OS/c1-4-23-22(25-17(2)15-21-10-5-18(3)28-21)24-16-19-6-8-20(9-7-19)26-11-13-27-14-12-26/h5-10,17H,4,11-16H2,1-3H3,(H2,23,24,25). The summed E-state index contributed by atoms with van der Waals surface area (Å²) in [4.78, 5) is 9.92. The Hall–Kier alpha value is -2.05. The molecule has 2 aromatic rings. The normalized spacial score (nSPS) is 16.1. The number of rotatable bonds is 7. The highest BCUT2D eigenvalue weighted by Crippen LogP contribution is 2.18. The summed E-state index contributed by atoms with van der Waals surface area (Å²) in [6, 6.07) is 13.5. The number of anilines is 1. The highest BCUT2D eigenvalue weighted by atomic mass is 32.1. The molecule has 1 unspecified atom stereocenters. The van der Waals surface area contributed by atoms with E-state index >= 15 is 0 Å². The van der Waals surface area contributed by atoms with Gasteiger partial charge in [0.1, 0.15) is 0 Å². The molecule has 28 heavy (non-hydrogen) atoms. The van der Waals surface area contributed by atoms with Crippen molar-refractivity contribution in [2.45, 2.75) is 39.8 Å². The molecule has 0 spiro atoms. The lowest BCUT2D eigenvalue weighted by Crippen LogP contribution is -2.43. The van der Waals surface area contributed by atoms with Crippen molar-refractivity contribution >= 4 is 23.0 Å². The van der Waals surface area contributed by atoms with E-state index in [0.717, 1.165) is 45.2 Å². The van der Waals surface area contributed by atoms with Gasteiger partial charge in [-0.2, -0.15) is 0 Å². The van der Waals surface area contributed by atoms with Gasteiger partial charge in [0, 0.05) is 47.5 Å². The fourth-order valence-corrected chi connectivity index (χ4v) is 4.32. The van der Waals surface area contributed by atoms with Crippen LogP contribution in [0.5, 0.6) is 0 Å². The van der Waals surface area contributed by atoms with Crippen molar-refractivity contribution in [2.75, 3.05) is 37.7 Å². The number of hydrogen-bond acceptors (Lipinski definition) is 4. The Morgan fingerprint density at radius 2 is 1.93 bits per heavy atom. The van der Waals surface area contributed by atoms with Crippen LogP contribution in [-0.4, -0.2) is 44.8 Å². The molecule has 152 valence electrons. The maximum atomic E-state index is 5.43. The van der Waals surface area contributed by atoms with Crippen molar-refractivity contribution in [1.29, 1.82) is 0 Å². The zero-order chi connectivity index (χ0) is 19.8. The Morgan fingerprint density at radius 3 is 2.57 bits per heavy atom. The fourth-order valence-electron chi connectivity index (χ4n) is 3.31. The zero-order valence-corrected chi connectivity index (χ0v) is 18.0. The zero-order valence-electron chi connectivity index (χ0n) is 17.2. The molecule has 1 saturated heterocycles. The molecule has 1 aromatic carbocycles. The Kier molecular flexibility index (Phi) is 7.74. The number of nitrogens with zero attached hydrogens (tertiary/aromatic N) is 2. The number of hydrogen-bond donors (Lipinski definition) is 2. The molecule has 1 fully saturated rings. The second-order valence-electron chi connectivity index (χ2n) is 7.22. The second-order valence-corrected chi connectivity index (χ2v) is 8.60. The molecular weight excluding hydrogens is 368 g/mol. The number of nitrogens with one attached hydrogen (secondary N) is 2. The van der Waals surface area contributed by atoms with Crippen LogP contribution in [0.2, 0.25) is 0 Å². The molecule has 0 bridgehead atoms. The molecule has 0 aliphatic carbocycles. The first-order valence-electron chi connectivity index (χ1n) is 10.2. The lowest BCUT2D eigenvalue weighted by Gasteiger charge is -2.28. The third kappa shape index (κ3) is 6.24. The van der Waals surface area contributed by atoms with Crippen LogP contribution < -0.4 is 15.5 Å². The minimum Gasteiger partial charge on any atom is -0.378 e. The molecule has 1 aliphatic rings. The molecule has 2 heterocycles. The summed E-state index contributed by atoms with van der Waals surface area (Å²) < 4.78 is 5.43. The predicted molar refractivity (Wildman–Crippen MR) is 120 cm³/mol. The van der Waals surface area contributed by atoms with E-state index in [0.29, 0.717) is 12.6 Å². The molecule has 1 atom stereocenters. The number of guanidine groups is 1. The van der Waals surface area contributed by atoms with Crippen molar-refractivity contribution in [1.82, 2.24) is 10.6 Å². The predicted octanol–water partition coefficient (Wildman–Crippen LogP) is 3.58. The van der Waals surface area contributed by atoms with Crippen molar-refractivity contribution in [3.05, 3.63) is 51.7 Å². The molecule has 0 radical (unpaired) electrons. The maximum Gasteiger partial charge on any atom is 0.191 e. The van der Waals surface area contributed by atoms with Crippen molar-refractivity contribution in [2.24, 2.45) is 4.99 Å². The molecule has 0 amide bonds. The van der Waals surface area contributed by atoms with E-state index in [1.165, 1.54) is 21.0 Å². The maximum absolute atomic E-state index is 5.43. The number of aryl methyl sites for hydroxylation is 1. The van der Waals surface area contributed by atoms with Gasteiger partial charge in [0.25, 0.3) is 0 Å². The molecule has 1 aromatic heterocycles. The monoisotopic (exact) mass is 400 g/mol. The van der Waals surface area contributed by atoms with E-state index in [2.05, 4.69) is 72.7 Å². The quantitative estimate of drug-likeness (QED) is 0.551. The van der Waals surface area contributed by atoms with E-state index in [1.807, 2.05) is 11.3 Å². The third-order valence-corrected chi connectivity index (χ3v) is 5.79. The SMILES string of the molecule is CCNC(=NCc1ccc(N2CCOCC2)cc1)NC(C)Cc1ccc(C)s1. The van der Waals surface area contributed by atoms with Gasteiger partial charge >= 0.3 is 0 Å². The summed E-state index contributed by atoms with van der Waals surface area (Å²) in [6.45, 7) is 11.5. The van der Waals surface area contributed by atoms with E-state index in [9.17, 15) is 0 Å². The molecule has 5 nitrogen and oxygen atoms in total. The first-order valence-corrected chi connectivity index (χ1v) is 11.0. The van der Waals surface area contributed by atoms with Gasteiger partial charge < -0.3 is 20.3 Å². The van der Waals surface area contributed by atoms with Gasteiger partial charge in [-0.1, -0.05) is 12.1 Å². The summed E-state index contributed by atoms with van der Waals surface area (Å²) in [5, 5.41) is 6.89. The Morgan fingerprint density at radius 1 is 1.18 bits per heavy atom. The Bertz CT molecular complexity index is 750. The molecule has 0 saturated carbocycles. The number of ether oxygens (including phenoxy) is 1. The summed E-state index contributed by atoms with van der Waals surface area (Å²) in [7, 11) is 0. The van der Waals surface area contributed by atoms with Crippen molar-refractivity contribution in [3.63, 3.8) is 0 Å². The topological polar surface area (TPSA) is 48.9 Å². The first-order chi connectivity index (χ1) is 13.6. The summed E-state index contributed by atoms with van der Waals surface area (Å²) in [5.41, 5.74) is 2.48. The van der Waals surface area contributed by atoms with Gasteiger partial charge in [0.15, 0.2) is 5.96 Å². The summed E-state index contributed by atoms with van der Waals surface area (Å²) >= 11 is 1.87. The van der Waals surface area contributed by atoms with Gasteiger partial charge in [0.05, 0.1) is 19.8 Å². The number of morpholine rings is 1. The lowest BCUT2D eigenvalue weighted by atomic mass is 10.2. The van der Waals surface area contributed by atoms with Crippen molar-refractivity contribution in [3.8, 4) is 0 Å². The summed E-state index contributed by atoms with van der Waals surface area (Å²) in [5.74, 6) is 0.875. The number of aliphatic imine (C=N–C) groups is 1. The largest absolute Gasteiger partial charge is 0.378 e. The average Bonchev–Trinajstić information content (AvgIpc) is 3.12. The van der Waals surface area contributed by atoms with Crippen LogP contribution >= 0.6 is 11.3 Å². The highest BCUT2D eigenvalue weighted by Gasteiger charge is 2.11. The van der Waals surface area contributed by atoms with Crippen LogP contribution in [0, 0.1) is 6.92 Å². The first kappa shape index (κ1) is 20.7. The van der Waals surface area contributed by atoms with Crippen LogP contribution in [0.1, 0.15) is 29.2 Å². The van der Waals surface area contributed by atoms with E-state index in [-0.39, 0.29) is 0 Å². The highest BCUT2D eigenvalue weighted by molar-refractivity contribution is 7.11. The average molecular weight is 401 g/mol. The molecule has 6 heteroatoms.